The Labute approximate surface area is 87.1 Å². The fourth-order valence-corrected chi connectivity index (χ4v) is 1.12. The second-order valence-electron chi connectivity index (χ2n) is 3.57. The summed E-state index contributed by atoms with van der Waals surface area (Å²) in [5.41, 5.74) is 0. The second-order valence-corrected chi connectivity index (χ2v) is 3.57. The molecule has 0 aliphatic carbocycles. The first-order chi connectivity index (χ1) is 6.79. The summed E-state index contributed by atoms with van der Waals surface area (Å²) in [6.07, 6.45) is -3.67. The van der Waals surface area contributed by atoms with Gasteiger partial charge in [-0.2, -0.15) is 13.2 Å². The fraction of sp³-hybridized carbons (Fsp3) is 0.700. The number of carbonyl (C=O) groups excluding carboxylic acids is 1. The van der Waals surface area contributed by atoms with Crippen LogP contribution in [0.25, 0.3) is 0 Å². The fourth-order valence-electron chi connectivity index (χ4n) is 1.12. The molecule has 0 aliphatic heterocycles. The number of esters is 1. The van der Waals surface area contributed by atoms with Gasteiger partial charge in [0.05, 0.1) is 12.3 Å². The zero-order valence-electron chi connectivity index (χ0n) is 8.80. The minimum Gasteiger partial charge on any atom is -0.461 e. The van der Waals surface area contributed by atoms with Gasteiger partial charge in [-0.15, -0.1) is 0 Å². The van der Waals surface area contributed by atoms with Gasteiger partial charge in [-0.25, -0.2) is 0 Å². The molecule has 0 fully saturated rings. The van der Waals surface area contributed by atoms with Crippen molar-refractivity contribution >= 4 is 5.97 Å². The molecule has 0 rings (SSSR count). The van der Waals surface area contributed by atoms with Gasteiger partial charge in [-0.1, -0.05) is 26.5 Å². The smallest absolute Gasteiger partial charge is 0.392 e. The maximum atomic E-state index is 12.4. The van der Waals surface area contributed by atoms with Crippen LogP contribution < -0.4 is 0 Å². The molecule has 0 aromatic rings. The Morgan fingerprint density at radius 2 is 2.00 bits per heavy atom. The minimum absolute atomic E-state index is 0.0541. The van der Waals surface area contributed by atoms with Gasteiger partial charge in [-0.05, 0) is 5.92 Å². The summed E-state index contributed by atoms with van der Waals surface area (Å²) in [7, 11) is 0. The van der Waals surface area contributed by atoms with E-state index in [9.17, 15) is 18.0 Å². The molecule has 0 spiro atoms. The molecule has 0 saturated carbocycles. The van der Waals surface area contributed by atoms with Crippen molar-refractivity contribution in [3.8, 4) is 0 Å². The van der Waals surface area contributed by atoms with Gasteiger partial charge >= 0.3 is 12.1 Å². The quantitative estimate of drug-likeness (QED) is 0.530. The SMILES string of the molecule is C=CCOC(=O)CC(C(C)C)C(F)(F)F. The van der Waals surface area contributed by atoms with Gasteiger partial charge in [0, 0.05) is 0 Å². The van der Waals surface area contributed by atoms with Gasteiger partial charge in [0.25, 0.3) is 0 Å². The van der Waals surface area contributed by atoms with Crippen LogP contribution in [-0.2, 0) is 9.53 Å². The number of hydrogen-bond donors (Lipinski definition) is 0. The lowest BCUT2D eigenvalue weighted by Crippen LogP contribution is -2.30. The molecule has 0 saturated heterocycles. The highest BCUT2D eigenvalue weighted by Crippen LogP contribution is 2.34. The van der Waals surface area contributed by atoms with Crippen LogP contribution in [0, 0.1) is 11.8 Å². The van der Waals surface area contributed by atoms with Crippen LogP contribution in [0.4, 0.5) is 13.2 Å². The van der Waals surface area contributed by atoms with E-state index in [4.69, 9.17) is 0 Å². The average molecular weight is 224 g/mol. The second kappa shape index (κ2) is 5.78. The molecule has 0 bridgehead atoms. The topological polar surface area (TPSA) is 26.3 Å². The van der Waals surface area contributed by atoms with E-state index in [1.54, 1.807) is 0 Å². The molecule has 2 nitrogen and oxygen atoms in total. The van der Waals surface area contributed by atoms with Gasteiger partial charge in [-0.3, -0.25) is 4.79 Å². The van der Waals surface area contributed by atoms with E-state index in [-0.39, 0.29) is 6.61 Å². The number of halogens is 3. The third kappa shape index (κ3) is 5.44. The lowest BCUT2D eigenvalue weighted by Gasteiger charge is -2.22. The molecule has 0 heterocycles. The first-order valence-electron chi connectivity index (χ1n) is 4.62. The molecule has 1 atom stereocenters. The predicted octanol–water partition coefficient (Wildman–Crippen LogP) is 2.94. The summed E-state index contributed by atoms with van der Waals surface area (Å²) in [4.78, 5) is 11.0. The normalized spacial score (nSPS) is 13.7. The Morgan fingerprint density at radius 3 is 2.33 bits per heavy atom. The molecular formula is C10H15F3O2. The Balaban J connectivity index is 4.30. The number of alkyl halides is 3. The third-order valence-corrected chi connectivity index (χ3v) is 1.97. The van der Waals surface area contributed by atoms with Gasteiger partial charge in [0.1, 0.15) is 6.61 Å². The maximum absolute atomic E-state index is 12.4. The van der Waals surface area contributed by atoms with E-state index in [2.05, 4.69) is 11.3 Å². The predicted molar refractivity (Wildman–Crippen MR) is 50.2 cm³/mol. The van der Waals surface area contributed by atoms with Crippen molar-refractivity contribution < 1.29 is 22.7 Å². The monoisotopic (exact) mass is 224 g/mol. The van der Waals surface area contributed by atoms with Gasteiger partial charge < -0.3 is 4.74 Å². The highest BCUT2D eigenvalue weighted by atomic mass is 19.4. The van der Waals surface area contributed by atoms with Crippen molar-refractivity contribution in [2.45, 2.75) is 26.4 Å². The number of rotatable bonds is 5. The number of hydrogen-bond acceptors (Lipinski definition) is 2. The van der Waals surface area contributed by atoms with Crippen molar-refractivity contribution in [1.29, 1.82) is 0 Å². The molecule has 0 aromatic heterocycles. The molecule has 0 aromatic carbocycles. The molecular weight excluding hydrogens is 209 g/mol. The summed E-state index contributed by atoms with van der Waals surface area (Å²) in [5, 5.41) is 0. The molecule has 0 radical (unpaired) electrons. The molecule has 5 heteroatoms. The Morgan fingerprint density at radius 1 is 1.47 bits per heavy atom. The molecule has 88 valence electrons. The van der Waals surface area contributed by atoms with Crippen LogP contribution in [0.1, 0.15) is 20.3 Å². The highest BCUT2D eigenvalue weighted by molar-refractivity contribution is 5.69. The van der Waals surface area contributed by atoms with Gasteiger partial charge in [0.15, 0.2) is 0 Å². The average Bonchev–Trinajstić information content (AvgIpc) is 2.08. The highest BCUT2D eigenvalue weighted by Gasteiger charge is 2.42. The Kier molecular flexibility index (Phi) is 5.39. The van der Waals surface area contributed by atoms with Crippen LogP contribution in [0.2, 0.25) is 0 Å². The van der Waals surface area contributed by atoms with Crippen molar-refractivity contribution in [1.82, 2.24) is 0 Å². The van der Waals surface area contributed by atoms with Crippen molar-refractivity contribution in [3.63, 3.8) is 0 Å². The summed E-state index contributed by atoms with van der Waals surface area (Å²) in [6.45, 7) is 6.10. The summed E-state index contributed by atoms with van der Waals surface area (Å²) >= 11 is 0. The summed E-state index contributed by atoms with van der Waals surface area (Å²) < 4.78 is 41.8. The summed E-state index contributed by atoms with van der Waals surface area (Å²) in [6, 6.07) is 0. The zero-order valence-corrected chi connectivity index (χ0v) is 8.80. The van der Waals surface area contributed by atoms with E-state index in [0.29, 0.717) is 0 Å². The zero-order chi connectivity index (χ0) is 12.1. The lowest BCUT2D eigenvalue weighted by atomic mass is 9.92. The van der Waals surface area contributed by atoms with Gasteiger partial charge in [0.2, 0.25) is 0 Å². The first kappa shape index (κ1) is 14.0. The standard InChI is InChI=1S/C10H15F3O2/c1-4-5-15-9(14)6-8(7(2)3)10(11,12)13/h4,7-8H,1,5-6H2,2-3H3. The van der Waals surface area contributed by atoms with Crippen molar-refractivity contribution in [2.24, 2.45) is 11.8 Å². The minimum atomic E-state index is -4.36. The van der Waals surface area contributed by atoms with Crippen LogP contribution in [-0.4, -0.2) is 18.8 Å². The first-order valence-corrected chi connectivity index (χ1v) is 4.62. The van der Waals surface area contributed by atoms with E-state index in [1.165, 1.54) is 19.9 Å². The van der Waals surface area contributed by atoms with Crippen LogP contribution >= 0.6 is 0 Å². The van der Waals surface area contributed by atoms with E-state index in [0.717, 1.165) is 0 Å². The molecule has 0 aliphatic rings. The molecule has 0 N–H and O–H groups in total. The molecule has 1 unspecified atom stereocenters. The number of ether oxygens (including phenoxy) is 1. The van der Waals surface area contributed by atoms with E-state index >= 15 is 0 Å². The molecule has 15 heavy (non-hydrogen) atoms. The van der Waals surface area contributed by atoms with Crippen molar-refractivity contribution in [2.75, 3.05) is 6.61 Å². The summed E-state index contributed by atoms with van der Waals surface area (Å²) in [5.74, 6) is -3.12. The Bertz CT molecular complexity index is 221. The largest absolute Gasteiger partial charge is 0.461 e. The van der Waals surface area contributed by atoms with Crippen LogP contribution in [0.15, 0.2) is 12.7 Å². The van der Waals surface area contributed by atoms with Crippen LogP contribution in [0.3, 0.4) is 0 Å². The molecule has 0 amide bonds. The van der Waals surface area contributed by atoms with Crippen molar-refractivity contribution in [3.05, 3.63) is 12.7 Å². The van der Waals surface area contributed by atoms with Crippen LogP contribution in [0.5, 0.6) is 0 Å². The number of carbonyl (C=O) groups is 1. The Hall–Kier alpha value is -1.00. The lowest BCUT2D eigenvalue weighted by molar-refractivity contribution is -0.193. The van der Waals surface area contributed by atoms with E-state index in [1.807, 2.05) is 0 Å². The maximum Gasteiger partial charge on any atom is 0.392 e. The third-order valence-electron chi connectivity index (χ3n) is 1.97. The van der Waals surface area contributed by atoms with E-state index < -0.39 is 30.4 Å².